The third kappa shape index (κ3) is 1.57. The Bertz CT molecular complexity index is 382. The highest BCUT2D eigenvalue weighted by atomic mass is 15.2. The number of rotatable bonds is 3. The van der Waals surface area contributed by atoms with Crippen molar-refractivity contribution in [3.63, 3.8) is 0 Å². The Balaban J connectivity index is 3.32. The van der Waals surface area contributed by atoms with Crippen LogP contribution in [0.25, 0.3) is 0 Å². The van der Waals surface area contributed by atoms with Crippen LogP contribution in [0.4, 0.5) is 11.5 Å². The summed E-state index contributed by atoms with van der Waals surface area (Å²) in [5.41, 5.74) is 6.98. The van der Waals surface area contributed by atoms with Crippen LogP contribution in [0.5, 0.6) is 0 Å². The Morgan fingerprint density at radius 2 is 2.36 bits per heavy atom. The first kappa shape index (κ1) is 10.2. The maximum absolute atomic E-state index is 8.89. The van der Waals surface area contributed by atoms with Gasteiger partial charge in [-0.05, 0) is 6.07 Å². The first-order valence-electron chi connectivity index (χ1n) is 4.29. The van der Waals surface area contributed by atoms with E-state index in [1.165, 1.54) is 0 Å². The van der Waals surface area contributed by atoms with Crippen molar-refractivity contribution in [1.82, 2.24) is 4.57 Å². The number of anilines is 2. The van der Waals surface area contributed by atoms with E-state index in [0.717, 1.165) is 5.82 Å². The number of nitrogens with zero attached hydrogens (tertiary/aromatic N) is 3. The minimum atomic E-state index is 0.561. The summed E-state index contributed by atoms with van der Waals surface area (Å²) in [4.78, 5) is 1.89. The minimum absolute atomic E-state index is 0.561. The van der Waals surface area contributed by atoms with Gasteiger partial charge in [0.2, 0.25) is 0 Å². The fourth-order valence-corrected chi connectivity index (χ4v) is 1.47. The molecule has 0 saturated carbocycles. The molecule has 0 amide bonds. The smallest absolute Gasteiger partial charge is 0.133 e. The number of aromatic nitrogens is 1. The third-order valence-corrected chi connectivity index (χ3v) is 1.95. The van der Waals surface area contributed by atoms with Crippen molar-refractivity contribution in [3.05, 3.63) is 24.4 Å². The molecule has 0 radical (unpaired) electrons. The molecule has 0 aromatic carbocycles. The highest BCUT2D eigenvalue weighted by Crippen LogP contribution is 2.25. The minimum Gasteiger partial charge on any atom is -0.396 e. The molecule has 2 N–H and O–H groups in total. The lowest BCUT2D eigenvalue weighted by atomic mass is 10.4. The van der Waals surface area contributed by atoms with Crippen molar-refractivity contribution in [2.24, 2.45) is 0 Å². The summed E-state index contributed by atoms with van der Waals surface area (Å²) >= 11 is 0. The van der Waals surface area contributed by atoms with Crippen LogP contribution in [0, 0.1) is 11.3 Å². The highest BCUT2D eigenvalue weighted by Gasteiger charge is 2.13. The molecule has 4 heteroatoms. The second kappa shape index (κ2) is 3.88. The van der Waals surface area contributed by atoms with E-state index >= 15 is 0 Å². The summed E-state index contributed by atoms with van der Waals surface area (Å²) in [6, 6.07) is 3.78. The molecule has 0 aliphatic rings. The monoisotopic (exact) mass is 190 g/mol. The van der Waals surface area contributed by atoms with E-state index < -0.39 is 0 Å². The molecule has 0 bridgehead atoms. The van der Waals surface area contributed by atoms with E-state index in [-0.39, 0.29) is 0 Å². The van der Waals surface area contributed by atoms with Gasteiger partial charge in [-0.1, -0.05) is 6.08 Å². The molecule has 0 aliphatic heterocycles. The van der Waals surface area contributed by atoms with Crippen molar-refractivity contribution in [2.75, 3.05) is 24.7 Å². The van der Waals surface area contributed by atoms with Crippen molar-refractivity contribution in [3.8, 4) is 6.07 Å². The normalized spacial score (nSPS) is 9.50. The number of hydrogen-bond acceptors (Lipinski definition) is 3. The predicted octanol–water partition coefficient (Wildman–Crippen LogP) is 1.19. The van der Waals surface area contributed by atoms with Crippen molar-refractivity contribution >= 4 is 11.5 Å². The summed E-state index contributed by atoms with van der Waals surface area (Å²) < 4.78 is 1.84. The van der Waals surface area contributed by atoms with Crippen LogP contribution >= 0.6 is 0 Å². The maximum atomic E-state index is 8.89. The molecular weight excluding hydrogens is 176 g/mol. The van der Waals surface area contributed by atoms with Gasteiger partial charge in [-0.25, -0.2) is 0 Å². The molecular formula is C10H14N4. The Morgan fingerprint density at radius 1 is 1.71 bits per heavy atom. The second-order valence-corrected chi connectivity index (χ2v) is 3.21. The molecule has 1 heterocycles. The lowest BCUT2D eigenvalue weighted by Crippen LogP contribution is -2.16. The lowest BCUT2D eigenvalue weighted by molar-refractivity contribution is 0.799. The summed E-state index contributed by atoms with van der Waals surface area (Å²) in [6.45, 7) is 4.24. The van der Waals surface area contributed by atoms with Gasteiger partial charge in [-0.15, -0.1) is 6.58 Å². The van der Waals surface area contributed by atoms with Gasteiger partial charge >= 0.3 is 0 Å². The molecule has 0 aliphatic carbocycles. The first-order chi connectivity index (χ1) is 6.61. The molecule has 1 rings (SSSR count). The van der Waals surface area contributed by atoms with Crippen LogP contribution in [0.1, 0.15) is 5.69 Å². The van der Waals surface area contributed by atoms with E-state index in [1.807, 2.05) is 23.6 Å². The second-order valence-electron chi connectivity index (χ2n) is 3.21. The van der Waals surface area contributed by atoms with Gasteiger partial charge in [-0.3, -0.25) is 0 Å². The Kier molecular flexibility index (Phi) is 2.82. The molecule has 0 spiro atoms. The highest BCUT2D eigenvalue weighted by molar-refractivity contribution is 5.67. The van der Waals surface area contributed by atoms with Gasteiger partial charge in [0.05, 0.1) is 5.69 Å². The van der Waals surface area contributed by atoms with Gasteiger partial charge in [0.15, 0.2) is 0 Å². The summed E-state index contributed by atoms with van der Waals surface area (Å²) in [5.74, 6) is 0.849. The summed E-state index contributed by atoms with van der Waals surface area (Å²) in [5, 5.41) is 8.89. The standard InChI is InChI=1S/C10H14N4/c1-4-5-14-8(7-11)6-9(12)10(14)13(2)3/h4,6H,1,5,12H2,2-3H3. The Hall–Kier alpha value is -1.89. The van der Waals surface area contributed by atoms with Crippen LogP contribution in [-0.4, -0.2) is 18.7 Å². The number of nitriles is 1. The van der Waals surface area contributed by atoms with Gasteiger partial charge in [0.25, 0.3) is 0 Å². The molecule has 74 valence electrons. The largest absolute Gasteiger partial charge is 0.396 e. The van der Waals surface area contributed by atoms with E-state index in [1.54, 1.807) is 12.1 Å². The molecule has 1 aromatic heterocycles. The van der Waals surface area contributed by atoms with Crippen LogP contribution in [0.2, 0.25) is 0 Å². The van der Waals surface area contributed by atoms with Crippen molar-refractivity contribution in [1.29, 1.82) is 5.26 Å². The van der Waals surface area contributed by atoms with Gasteiger partial charge in [-0.2, -0.15) is 5.26 Å². The van der Waals surface area contributed by atoms with Crippen LogP contribution in [-0.2, 0) is 6.54 Å². The fraction of sp³-hybridized carbons (Fsp3) is 0.300. The van der Waals surface area contributed by atoms with Gasteiger partial charge < -0.3 is 15.2 Å². The number of nitrogens with two attached hydrogens (primary N) is 1. The van der Waals surface area contributed by atoms with Crippen LogP contribution in [0.3, 0.4) is 0 Å². The Labute approximate surface area is 83.8 Å². The molecule has 1 aromatic rings. The number of hydrogen-bond donors (Lipinski definition) is 1. The summed E-state index contributed by atoms with van der Waals surface area (Å²) in [6.07, 6.45) is 1.74. The van der Waals surface area contributed by atoms with E-state index in [4.69, 9.17) is 11.0 Å². The van der Waals surface area contributed by atoms with Crippen LogP contribution in [0.15, 0.2) is 18.7 Å². The van der Waals surface area contributed by atoms with Crippen molar-refractivity contribution in [2.45, 2.75) is 6.54 Å². The SMILES string of the molecule is C=CCn1c(C#N)cc(N)c1N(C)C. The molecule has 0 fully saturated rings. The number of nitrogen functional groups attached to an aromatic ring is 1. The molecule has 14 heavy (non-hydrogen) atoms. The zero-order chi connectivity index (χ0) is 10.7. The fourth-order valence-electron chi connectivity index (χ4n) is 1.47. The maximum Gasteiger partial charge on any atom is 0.133 e. The molecule has 0 unspecified atom stereocenters. The molecule has 0 saturated heterocycles. The average Bonchev–Trinajstić information content (AvgIpc) is 2.43. The number of allylic oxidation sites excluding steroid dienone is 1. The first-order valence-corrected chi connectivity index (χ1v) is 4.29. The average molecular weight is 190 g/mol. The zero-order valence-electron chi connectivity index (χ0n) is 8.49. The molecule has 0 atom stereocenters. The predicted molar refractivity (Wildman–Crippen MR) is 58.1 cm³/mol. The lowest BCUT2D eigenvalue weighted by Gasteiger charge is -2.16. The van der Waals surface area contributed by atoms with Gasteiger partial charge in [0.1, 0.15) is 17.6 Å². The van der Waals surface area contributed by atoms with Crippen LogP contribution < -0.4 is 10.6 Å². The quantitative estimate of drug-likeness (QED) is 0.728. The van der Waals surface area contributed by atoms with E-state index in [2.05, 4.69) is 12.6 Å². The topological polar surface area (TPSA) is 58.0 Å². The molecule has 4 nitrogen and oxygen atoms in total. The van der Waals surface area contributed by atoms with E-state index in [9.17, 15) is 0 Å². The van der Waals surface area contributed by atoms with Crippen molar-refractivity contribution < 1.29 is 0 Å². The Morgan fingerprint density at radius 3 is 2.79 bits per heavy atom. The summed E-state index contributed by atoms with van der Waals surface area (Å²) in [7, 11) is 3.79. The van der Waals surface area contributed by atoms with E-state index in [0.29, 0.717) is 17.9 Å². The zero-order valence-corrected chi connectivity index (χ0v) is 8.49. The van der Waals surface area contributed by atoms with Gasteiger partial charge in [0, 0.05) is 20.6 Å². The third-order valence-electron chi connectivity index (χ3n) is 1.95.